The number of thiophene rings is 1. The number of hydrogen-bond acceptors (Lipinski definition) is 4. The third-order valence-corrected chi connectivity index (χ3v) is 7.00. The highest BCUT2D eigenvalue weighted by Gasteiger charge is 2.36. The van der Waals surface area contributed by atoms with Gasteiger partial charge in [-0.2, -0.15) is 0 Å². The Kier molecular flexibility index (Phi) is 9.49. The molecule has 0 saturated heterocycles. The summed E-state index contributed by atoms with van der Waals surface area (Å²) in [6.07, 6.45) is 10.2. The molecule has 152 valence electrons. The van der Waals surface area contributed by atoms with Gasteiger partial charge in [0.1, 0.15) is 5.78 Å². The van der Waals surface area contributed by atoms with Crippen LogP contribution in [0.1, 0.15) is 106 Å². The van der Waals surface area contributed by atoms with Gasteiger partial charge in [0.05, 0.1) is 6.10 Å². The molecular formula is C22H34O4S. The SMILES string of the molecule is CCCCCC(O)c1ccc(C2CCC(=O)C2CCCCCCC(=O)O)s1. The molecule has 2 N–H and O–H groups in total. The van der Waals surface area contributed by atoms with Crippen molar-refractivity contribution in [1.82, 2.24) is 0 Å². The summed E-state index contributed by atoms with van der Waals surface area (Å²) in [6.45, 7) is 2.17. The quantitative estimate of drug-likeness (QED) is 0.412. The van der Waals surface area contributed by atoms with Crippen LogP contribution in [0.2, 0.25) is 0 Å². The summed E-state index contributed by atoms with van der Waals surface area (Å²) in [4.78, 5) is 25.2. The number of unbranched alkanes of at least 4 members (excludes halogenated alkanes) is 5. The first-order valence-corrected chi connectivity index (χ1v) is 11.4. The third kappa shape index (κ3) is 7.04. The Morgan fingerprint density at radius 3 is 2.70 bits per heavy atom. The largest absolute Gasteiger partial charge is 0.481 e. The first kappa shape index (κ1) is 22.1. The van der Waals surface area contributed by atoms with E-state index >= 15 is 0 Å². The van der Waals surface area contributed by atoms with E-state index in [4.69, 9.17) is 5.11 Å². The van der Waals surface area contributed by atoms with Crippen LogP contribution in [0.5, 0.6) is 0 Å². The van der Waals surface area contributed by atoms with Crippen molar-refractivity contribution in [3.63, 3.8) is 0 Å². The molecule has 0 aliphatic heterocycles. The Balaban J connectivity index is 1.83. The summed E-state index contributed by atoms with van der Waals surface area (Å²) in [5.74, 6) is 0.0571. The highest BCUT2D eigenvalue weighted by Crippen LogP contribution is 2.43. The van der Waals surface area contributed by atoms with Crippen molar-refractivity contribution >= 4 is 23.1 Å². The zero-order valence-electron chi connectivity index (χ0n) is 16.5. The Bertz CT molecular complexity index is 595. The van der Waals surface area contributed by atoms with Crippen LogP contribution in [0.25, 0.3) is 0 Å². The average Bonchev–Trinajstić information content (AvgIpc) is 3.25. The molecule has 0 amide bonds. The zero-order chi connectivity index (χ0) is 19.6. The number of carboxylic acids is 1. The second-order valence-corrected chi connectivity index (χ2v) is 8.96. The summed E-state index contributed by atoms with van der Waals surface area (Å²) in [5, 5.41) is 19.1. The summed E-state index contributed by atoms with van der Waals surface area (Å²) in [7, 11) is 0. The van der Waals surface area contributed by atoms with Crippen LogP contribution in [0.4, 0.5) is 0 Å². The fraction of sp³-hybridized carbons (Fsp3) is 0.727. The maximum Gasteiger partial charge on any atom is 0.303 e. The predicted octanol–water partition coefficient (Wildman–Crippen LogP) is 5.85. The second kappa shape index (κ2) is 11.6. The Labute approximate surface area is 167 Å². The van der Waals surface area contributed by atoms with E-state index in [0.717, 1.165) is 69.1 Å². The Morgan fingerprint density at radius 2 is 1.96 bits per heavy atom. The normalized spacial score (nSPS) is 20.9. The highest BCUT2D eigenvalue weighted by atomic mass is 32.1. The van der Waals surface area contributed by atoms with Crippen molar-refractivity contribution in [1.29, 1.82) is 0 Å². The fourth-order valence-electron chi connectivity index (χ4n) is 4.08. The molecule has 2 rings (SSSR count). The Hall–Kier alpha value is -1.20. The zero-order valence-corrected chi connectivity index (χ0v) is 17.3. The monoisotopic (exact) mass is 394 g/mol. The standard InChI is InChI=1S/C22H34O4S/c1-2-3-6-10-19(24)21-15-14-20(27-21)17-12-13-18(23)16(17)9-7-4-5-8-11-22(25)26/h14-17,19,24H,2-13H2,1H3,(H,25,26). The topological polar surface area (TPSA) is 74.6 Å². The molecule has 0 aromatic carbocycles. The summed E-state index contributed by atoms with van der Waals surface area (Å²) < 4.78 is 0. The van der Waals surface area contributed by atoms with Crippen LogP contribution in [0.3, 0.4) is 0 Å². The van der Waals surface area contributed by atoms with Gasteiger partial charge in [0, 0.05) is 34.4 Å². The molecule has 1 aromatic heterocycles. The minimum atomic E-state index is -0.730. The molecule has 1 fully saturated rings. The number of hydrogen-bond donors (Lipinski definition) is 2. The fourth-order valence-corrected chi connectivity index (χ4v) is 5.31. The number of Topliss-reactive ketones (excluding diaryl/α,β-unsaturated/α-hetero) is 1. The van der Waals surface area contributed by atoms with Gasteiger partial charge in [-0.05, 0) is 37.8 Å². The van der Waals surface area contributed by atoms with E-state index in [2.05, 4.69) is 13.0 Å². The second-order valence-electron chi connectivity index (χ2n) is 7.82. The van der Waals surface area contributed by atoms with Crippen molar-refractivity contribution in [2.24, 2.45) is 5.92 Å². The van der Waals surface area contributed by atoms with Gasteiger partial charge in [-0.25, -0.2) is 0 Å². The number of carbonyl (C=O) groups excluding carboxylic acids is 1. The van der Waals surface area contributed by atoms with Crippen molar-refractivity contribution in [3.05, 3.63) is 21.9 Å². The molecule has 3 unspecified atom stereocenters. The van der Waals surface area contributed by atoms with Crippen LogP contribution in [0, 0.1) is 5.92 Å². The molecule has 27 heavy (non-hydrogen) atoms. The summed E-state index contributed by atoms with van der Waals surface area (Å²) in [6, 6.07) is 4.16. The molecular weight excluding hydrogens is 360 g/mol. The Morgan fingerprint density at radius 1 is 1.19 bits per heavy atom. The maximum absolute atomic E-state index is 12.4. The van der Waals surface area contributed by atoms with Crippen molar-refractivity contribution in [3.8, 4) is 0 Å². The molecule has 1 aromatic rings. The summed E-state index contributed by atoms with van der Waals surface area (Å²) in [5.41, 5.74) is 0. The number of ketones is 1. The van der Waals surface area contributed by atoms with Crippen LogP contribution < -0.4 is 0 Å². The van der Waals surface area contributed by atoms with Gasteiger partial charge in [0.15, 0.2) is 0 Å². The van der Waals surface area contributed by atoms with E-state index in [-0.39, 0.29) is 18.4 Å². The van der Waals surface area contributed by atoms with Gasteiger partial charge < -0.3 is 10.2 Å². The van der Waals surface area contributed by atoms with Gasteiger partial charge >= 0.3 is 5.97 Å². The van der Waals surface area contributed by atoms with Gasteiger partial charge in [0.2, 0.25) is 0 Å². The van der Waals surface area contributed by atoms with Crippen LogP contribution in [-0.4, -0.2) is 22.0 Å². The highest BCUT2D eigenvalue weighted by molar-refractivity contribution is 7.12. The number of aliphatic hydroxyl groups excluding tert-OH is 1. The van der Waals surface area contributed by atoms with Gasteiger partial charge in [-0.3, -0.25) is 9.59 Å². The average molecular weight is 395 g/mol. The number of carbonyl (C=O) groups is 2. The van der Waals surface area contributed by atoms with E-state index in [9.17, 15) is 14.7 Å². The summed E-state index contributed by atoms with van der Waals surface area (Å²) >= 11 is 1.69. The van der Waals surface area contributed by atoms with Crippen LogP contribution in [-0.2, 0) is 9.59 Å². The number of rotatable bonds is 13. The first-order chi connectivity index (χ1) is 13.0. The third-order valence-electron chi connectivity index (χ3n) is 5.68. The lowest BCUT2D eigenvalue weighted by atomic mass is 9.89. The predicted molar refractivity (Wildman–Crippen MR) is 109 cm³/mol. The molecule has 0 radical (unpaired) electrons. The van der Waals surface area contributed by atoms with Gasteiger partial charge in [-0.1, -0.05) is 45.4 Å². The minimum Gasteiger partial charge on any atom is -0.481 e. The maximum atomic E-state index is 12.4. The van der Waals surface area contributed by atoms with E-state index in [1.165, 1.54) is 4.88 Å². The lowest BCUT2D eigenvalue weighted by molar-refractivity contribution is -0.137. The van der Waals surface area contributed by atoms with E-state index in [0.29, 0.717) is 18.1 Å². The van der Waals surface area contributed by atoms with E-state index in [1.54, 1.807) is 11.3 Å². The van der Waals surface area contributed by atoms with Crippen molar-refractivity contribution in [2.75, 3.05) is 0 Å². The molecule has 1 saturated carbocycles. The van der Waals surface area contributed by atoms with Crippen LogP contribution >= 0.6 is 11.3 Å². The van der Waals surface area contributed by atoms with Crippen LogP contribution in [0.15, 0.2) is 12.1 Å². The molecule has 1 heterocycles. The molecule has 1 aliphatic carbocycles. The van der Waals surface area contributed by atoms with E-state index < -0.39 is 5.97 Å². The molecule has 0 spiro atoms. The number of carboxylic acid groups (broad SMARTS) is 1. The smallest absolute Gasteiger partial charge is 0.303 e. The molecule has 4 nitrogen and oxygen atoms in total. The first-order valence-electron chi connectivity index (χ1n) is 10.5. The van der Waals surface area contributed by atoms with Crippen molar-refractivity contribution < 1.29 is 19.8 Å². The molecule has 3 atom stereocenters. The molecule has 5 heteroatoms. The minimum absolute atomic E-state index is 0.105. The number of aliphatic carboxylic acids is 1. The lowest BCUT2D eigenvalue weighted by Crippen LogP contribution is -2.12. The molecule has 0 bridgehead atoms. The number of aliphatic hydroxyl groups is 1. The van der Waals surface area contributed by atoms with Gasteiger partial charge in [0.25, 0.3) is 0 Å². The van der Waals surface area contributed by atoms with Crippen molar-refractivity contribution in [2.45, 2.75) is 96.0 Å². The lowest BCUT2D eigenvalue weighted by Gasteiger charge is -2.17. The van der Waals surface area contributed by atoms with E-state index in [1.807, 2.05) is 6.07 Å². The van der Waals surface area contributed by atoms with Gasteiger partial charge in [-0.15, -0.1) is 11.3 Å². The molecule has 1 aliphatic rings.